The zero-order chi connectivity index (χ0) is 21.8. The molecule has 0 radical (unpaired) electrons. The van der Waals surface area contributed by atoms with Crippen LogP contribution in [-0.4, -0.2) is 17.9 Å². The van der Waals surface area contributed by atoms with Gasteiger partial charge in [0.2, 0.25) is 0 Å². The second-order valence-electron chi connectivity index (χ2n) is 7.10. The smallest absolute Gasteiger partial charge is 0.254 e. The van der Waals surface area contributed by atoms with Gasteiger partial charge in [0.25, 0.3) is 5.91 Å². The molecule has 31 heavy (non-hydrogen) atoms. The minimum Gasteiger partial charge on any atom is -0.497 e. The standard InChI is InChI=1S/C25H20FNO4/c1-30-21-12-8-18(9-13-21)25(29)27(14-17-6-10-20(26)11-7-17)15-19-16-31-23-5-3-2-4-22(23)24(19)28/h2-13,16H,14-15H2,1H3. The van der Waals surface area contributed by atoms with Crippen molar-refractivity contribution >= 4 is 16.9 Å². The van der Waals surface area contributed by atoms with Crippen molar-refractivity contribution in [2.45, 2.75) is 13.1 Å². The van der Waals surface area contributed by atoms with Crippen molar-refractivity contribution in [1.82, 2.24) is 4.90 Å². The predicted molar refractivity (Wildman–Crippen MR) is 115 cm³/mol. The van der Waals surface area contributed by atoms with Crippen LogP contribution in [0.3, 0.4) is 0 Å². The zero-order valence-corrected chi connectivity index (χ0v) is 16.9. The summed E-state index contributed by atoms with van der Waals surface area (Å²) in [5.74, 6) is 0.0169. The van der Waals surface area contributed by atoms with E-state index in [-0.39, 0.29) is 30.2 Å². The lowest BCUT2D eigenvalue weighted by Crippen LogP contribution is -2.32. The molecule has 1 heterocycles. The number of benzene rings is 3. The lowest BCUT2D eigenvalue weighted by atomic mass is 10.1. The van der Waals surface area contributed by atoms with E-state index in [0.717, 1.165) is 5.56 Å². The van der Waals surface area contributed by atoms with Crippen LogP contribution in [0.1, 0.15) is 21.5 Å². The molecule has 0 unspecified atom stereocenters. The first-order valence-corrected chi connectivity index (χ1v) is 9.72. The quantitative estimate of drug-likeness (QED) is 0.453. The number of hydrogen-bond donors (Lipinski definition) is 0. The molecule has 4 rings (SSSR count). The van der Waals surface area contributed by atoms with Gasteiger partial charge in [0.05, 0.1) is 30.9 Å². The van der Waals surface area contributed by atoms with Crippen LogP contribution in [0, 0.1) is 5.82 Å². The van der Waals surface area contributed by atoms with E-state index in [2.05, 4.69) is 0 Å². The van der Waals surface area contributed by atoms with Crippen molar-refractivity contribution in [3.63, 3.8) is 0 Å². The third-order valence-electron chi connectivity index (χ3n) is 5.02. The Morgan fingerprint density at radius 2 is 1.68 bits per heavy atom. The van der Waals surface area contributed by atoms with Gasteiger partial charge < -0.3 is 14.1 Å². The predicted octanol–water partition coefficient (Wildman–Crippen LogP) is 4.78. The van der Waals surface area contributed by atoms with Crippen LogP contribution in [0.15, 0.2) is 88.3 Å². The number of amides is 1. The molecule has 0 N–H and O–H groups in total. The molecule has 6 heteroatoms. The molecule has 0 aliphatic carbocycles. The SMILES string of the molecule is COc1ccc(C(=O)N(Cc2ccc(F)cc2)Cc2coc3ccccc3c2=O)cc1. The van der Waals surface area contributed by atoms with Crippen molar-refractivity contribution in [2.75, 3.05) is 7.11 Å². The molecule has 0 spiro atoms. The summed E-state index contributed by atoms with van der Waals surface area (Å²) in [6.07, 6.45) is 1.39. The van der Waals surface area contributed by atoms with E-state index < -0.39 is 0 Å². The molecule has 1 amide bonds. The Balaban J connectivity index is 1.69. The first-order chi connectivity index (χ1) is 15.0. The minimum absolute atomic E-state index is 0.0510. The third kappa shape index (κ3) is 4.48. The largest absolute Gasteiger partial charge is 0.497 e. The van der Waals surface area contributed by atoms with Gasteiger partial charge in [0, 0.05) is 12.1 Å². The van der Waals surface area contributed by atoms with Crippen LogP contribution in [0.2, 0.25) is 0 Å². The lowest BCUT2D eigenvalue weighted by molar-refractivity contribution is 0.0729. The van der Waals surface area contributed by atoms with Gasteiger partial charge in [-0.05, 0) is 54.1 Å². The van der Waals surface area contributed by atoms with Gasteiger partial charge in [0.1, 0.15) is 17.1 Å². The molecule has 0 saturated carbocycles. The molecule has 0 bridgehead atoms. The van der Waals surface area contributed by atoms with Gasteiger partial charge in [-0.3, -0.25) is 9.59 Å². The molecular formula is C25H20FNO4. The van der Waals surface area contributed by atoms with E-state index in [9.17, 15) is 14.0 Å². The maximum atomic E-state index is 13.3. The van der Waals surface area contributed by atoms with Gasteiger partial charge >= 0.3 is 0 Å². The Bertz CT molecular complexity index is 1260. The fourth-order valence-corrected chi connectivity index (χ4v) is 3.36. The molecule has 4 aromatic rings. The summed E-state index contributed by atoms with van der Waals surface area (Å²) < 4.78 is 24.1. The summed E-state index contributed by atoms with van der Waals surface area (Å²) in [6.45, 7) is 0.257. The van der Waals surface area contributed by atoms with Gasteiger partial charge in [-0.1, -0.05) is 24.3 Å². The first-order valence-electron chi connectivity index (χ1n) is 9.72. The van der Waals surface area contributed by atoms with Crippen LogP contribution in [0.25, 0.3) is 11.0 Å². The topological polar surface area (TPSA) is 59.8 Å². The first kappa shape index (κ1) is 20.3. The molecule has 3 aromatic carbocycles. The summed E-state index contributed by atoms with van der Waals surface area (Å²) in [5, 5.41) is 0.457. The van der Waals surface area contributed by atoms with E-state index in [4.69, 9.17) is 9.15 Å². The summed E-state index contributed by atoms with van der Waals surface area (Å²) in [4.78, 5) is 27.8. The van der Waals surface area contributed by atoms with Crippen LogP contribution in [-0.2, 0) is 13.1 Å². The molecular weight excluding hydrogens is 397 g/mol. The van der Waals surface area contributed by atoms with E-state index in [0.29, 0.717) is 27.8 Å². The zero-order valence-electron chi connectivity index (χ0n) is 16.9. The Labute approximate surface area is 178 Å². The highest BCUT2D eigenvalue weighted by molar-refractivity contribution is 5.94. The van der Waals surface area contributed by atoms with E-state index in [1.807, 2.05) is 0 Å². The van der Waals surface area contributed by atoms with Gasteiger partial charge in [-0.2, -0.15) is 0 Å². The molecule has 0 fully saturated rings. The number of hydrogen-bond acceptors (Lipinski definition) is 4. The Hall–Kier alpha value is -3.93. The molecule has 1 aromatic heterocycles. The highest BCUT2D eigenvalue weighted by Gasteiger charge is 2.19. The molecule has 0 aliphatic heterocycles. The highest BCUT2D eigenvalue weighted by atomic mass is 19.1. The van der Waals surface area contributed by atoms with Gasteiger partial charge in [-0.15, -0.1) is 0 Å². The summed E-state index contributed by atoms with van der Waals surface area (Å²) in [6, 6.07) is 19.6. The van der Waals surface area contributed by atoms with Crippen LogP contribution >= 0.6 is 0 Å². The summed E-state index contributed by atoms with van der Waals surface area (Å²) in [5.41, 5.74) is 1.86. The van der Waals surface area contributed by atoms with Gasteiger partial charge in [0.15, 0.2) is 5.43 Å². The maximum Gasteiger partial charge on any atom is 0.254 e. The number of methoxy groups -OCH3 is 1. The van der Waals surface area contributed by atoms with Crippen LogP contribution in [0.5, 0.6) is 5.75 Å². The monoisotopic (exact) mass is 417 g/mol. The number of carbonyl (C=O) groups excluding carboxylic acids is 1. The number of nitrogens with zero attached hydrogens (tertiary/aromatic N) is 1. The number of rotatable bonds is 6. The fourth-order valence-electron chi connectivity index (χ4n) is 3.36. The number of ether oxygens (including phenoxy) is 1. The number of carbonyl (C=O) groups is 1. The minimum atomic E-state index is -0.355. The molecule has 156 valence electrons. The van der Waals surface area contributed by atoms with Crippen molar-refractivity contribution in [3.8, 4) is 5.75 Å². The van der Waals surface area contributed by atoms with Crippen LogP contribution < -0.4 is 10.2 Å². The van der Waals surface area contributed by atoms with Crippen molar-refractivity contribution < 1.29 is 18.3 Å². The average Bonchev–Trinajstić information content (AvgIpc) is 2.81. The summed E-state index contributed by atoms with van der Waals surface area (Å²) >= 11 is 0. The average molecular weight is 417 g/mol. The number of fused-ring (bicyclic) bond motifs is 1. The second kappa shape index (κ2) is 8.83. The van der Waals surface area contributed by atoms with E-state index in [1.54, 1.807) is 67.8 Å². The van der Waals surface area contributed by atoms with E-state index >= 15 is 0 Å². The fraction of sp³-hybridized carbons (Fsp3) is 0.120. The highest BCUT2D eigenvalue weighted by Crippen LogP contribution is 2.18. The Morgan fingerprint density at radius 3 is 2.39 bits per heavy atom. The molecule has 5 nitrogen and oxygen atoms in total. The molecule has 0 aliphatic rings. The Kier molecular flexibility index (Phi) is 5.80. The Morgan fingerprint density at radius 1 is 0.968 bits per heavy atom. The van der Waals surface area contributed by atoms with Gasteiger partial charge in [-0.25, -0.2) is 4.39 Å². The summed E-state index contributed by atoms with van der Waals surface area (Å²) in [7, 11) is 1.55. The number of para-hydroxylation sites is 1. The molecule has 0 atom stereocenters. The number of halogens is 1. The van der Waals surface area contributed by atoms with Crippen molar-refractivity contribution in [2.24, 2.45) is 0 Å². The van der Waals surface area contributed by atoms with Crippen molar-refractivity contribution in [3.05, 3.63) is 112 Å². The van der Waals surface area contributed by atoms with Crippen molar-refractivity contribution in [1.29, 1.82) is 0 Å². The normalized spacial score (nSPS) is 10.8. The van der Waals surface area contributed by atoms with E-state index in [1.165, 1.54) is 23.3 Å². The lowest BCUT2D eigenvalue weighted by Gasteiger charge is -2.23. The molecule has 0 saturated heterocycles. The van der Waals surface area contributed by atoms with Crippen LogP contribution in [0.4, 0.5) is 4.39 Å². The maximum absolute atomic E-state index is 13.3. The third-order valence-corrected chi connectivity index (χ3v) is 5.02. The second-order valence-corrected chi connectivity index (χ2v) is 7.10.